The summed E-state index contributed by atoms with van der Waals surface area (Å²) >= 11 is 1.10. The molecule has 0 aliphatic carbocycles. The Balaban J connectivity index is 1.50. The maximum absolute atomic E-state index is 13.9. The van der Waals surface area contributed by atoms with Crippen LogP contribution in [0.5, 0.6) is 11.5 Å². The molecule has 3 heterocycles. The maximum Gasteiger partial charge on any atom is 0.301 e. The van der Waals surface area contributed by atoms with Gasteiger partial charge in [0, 0.05) is 12.0 Å². The number of anilines is 1. The van der Waals surface area contributed by atoms with E-state index in [4.69, 9.17) is 9.47 Å². The fourth-order valence-electron chi connectivity index (χ4n) is 4.96. The molecule has 0 spiro atoms. The Morgan fingerprint density at radius 3 is 2.77 bits per heavy atom. The number of hydrogen-bond acceptors (Lipinski definition) is 7. The van der Waals surface area contributed by atoms with E-state index in [9.17, 15) is 19.1 Å². The molecule has 2 atom stereocenters. The highest BCUT2D eigenvalue weighted by molar-refractivity contribution is 7.22. The van der Waals surface area contributed by atoms with Gasteiger partial charge in [0.2, 0.25) is 0 Å². The highest BCUT2D eigenvalue weighted by Gasteiger charge is 2.48. The highest BCUT2D eigenvalue weighted by atomic mass is 32.1. The van der Waals surface area contributed by atoms with Crippen LogP contribution >= 0.6 is 11.3 Å². The fraction of sp³-hybridized carbons (Fsp3) is 0.167. The van der Waals surface area contributed by atoms with Crippen molar-refractivity contribution in [1.82, 2.24) is 4.98 Å². The van der Waals surface area contributed by atoms with Crippen LogP contribution in [0.2, 0.25) is 0 Å². The first-order chi connectivity index (χ1) is 18.8. The summed E-state index contributed by atoms with van der Waals surface area (Å²) in [7, 11) is 0. The van der Waals surface area contributed by atoms with Crippen molar-refractivity contribution in [2.45, 2.75) is 25.5 Å². The largest absolute Gasteiger partial charge is 0.507 e. The number of benzene rings is 3. The number of Topliss-reactive ketones (excluding diaryl/α,β-unsaturated/α-hetero) is 1. The van der Waals surface area contributed by atoms with Crippen LogP contribution in [0.1, 0.15) is 29.7 Å². The second-order valence-corrected chi connectivity index (χ2v) is 10.4. The van der Waals surface area contributed by atoms with Crippen LogP contribution in [-0.2, 0) is 16.0 Å². The number of carbonyl (C=O) groups excluding carboxylic acids is 2. The molecular weight excluding hydrogens is 519 g/mol. The number of amides is 1. The van der Waals surface area contributed by atoms with Gasteiger partial charge in [0.15, 0.2) is 5.13 Å². The predicted octanol–water partition coefficient (Wildman–Crippen LogP) is 5.95. The van der Waals surface area contributed by atoms with Crippen molar-refractivity contribution in [2.75, 3.05) is 11.5 Å². The lowest BCUT2D eigenvalue weighted by molar-refractivity contribution is -0.132. The Labute approximate surface area is 227 Å². The van der Waals surface area contributed by atoms with Gasteiger partial charge >= 0.3 is 5.91 Å². The number of hydrogen-bond donors (Lipinski definition) is 1. The zero-order chi connectivity index (χ0) is 27.3. The van der Waals surface area contributed by atoms with E-state index in [0.29, 0.717) is 40.1 Å². The van der Waals surface area contributed by atoms with Crippen molar-refractivity contribution in [3.05, 3.63) is 101 Å². The van der Waals surface area contributed by atoms with Crippen LogP contribution in [0.4, 0.5) is 9.52 Å². The van der Waals surface area contributed by atoms with Crippen LogP contribution in [0.25, 0.3) is 16.0 Å². The van der Waals surface area contributed by atoms with Gasteiger partial charge in [-0.25, -0.2) is 9.37 Å². The third kappa shape index (κ3) is 4.34. The lowest BCUT2D eigenvalue weighted by Crippen LogP contribution is -2.29. The first-order valence-electron chi connectivity index (χ1n) is 12.3. The van der Waals surface area contributed by atoms with Crippen molar-refractivity contribution >= 4 is 44.1 Å². The predicted molar refractivity (Wildman–Crippen MR) is 147 cm³/mol. The lowest BCUT2D eigenvalue weighted by Gasteiger charge is -2.23. The van der Waals surface area contributed by atoms with Gasteiger partial charge in [0.05, 0.1) is 21.8 Å². The van der Waals surface area contributed by atoms with Crippen molar-refractivity contribution in [3.63, 3.8) is 0 Å². The van der Waals surface area contributed by atoms with E-state index >= 15 is 0 Å². The van der Waals surface area contributed by atoms with E-state index in [1.54, 1.807) is 48.5 Å². The smallest absolute Gasteiger partial charge is 0.301 e. The van der Waals surface area contributed by atoms with Crippen LogP contribution in [0.3, 0.4) is 0 Å². The summed E-state index contributed by atoms with van der Waals surface area (Å²) in [5.74, 6) is -1.07. The SMILES string of the molecule is C=CCOc1ccc([C@H]2/C(=C(\O)c3ccc4c(c3)C[C@@H](C)O4)C(=O)C(=O)N2c2nc3ccc(F)cc3s2)cc1. The Morgan fingerprint density at radius 1 is 1.21 bits per heavy atom. The normalized spacial score (nSPS) is 19.8. The number of rotatable bonds is 6. The van der Waals surface area contributed by atoms with Gasteiger partial charge in [-0.05, 0) is 66.6 Å². The van der Waals surface area contributed by atoms with E-state index < -0.39 is 23.5 Å². The van der Waals surface area contributed by atoms with Gasteiger partial charge in [-0.2, -0.15) is 0 Å². The average Bonchev–Trinajstić information content (AvgIpc) is 3.59. The standard InChI is InChI=1S/C30H23FN2O5S/c1-3-12-37-21-8-4-17(5-9-21)26-25(27(34)18-6-11-23-19(14-18)13-16(2)38-23)28(35)29(36)33(26)30-32-22-10-7-20(31)15-24(22)39-30/h3-11,14-16,26,34H,1,12-13H2,2H3/b27-25+/t16-,26+/m1/s1. The van der Waals surface area contributed by atoms with E-state index in [2.05, 4.69) is 11.6 Å². The Bertz CT molecular complexity index is 1680. The van der Waals surface area contributed by atoms with E-state index in [1.165, 1.54) is 23.1 Å². The Morgan fingerprint density at radius 2 is 2.00 bits per heavy atom. The van der Waals surface area contributed by atoms with E-state index in [0.717, 1.165) is 22.6 Å². The summed E-state index contributed by atoms with van der Waals surface area (Å²) in [6.07, 6.45) is 2.30. The molecule has 1 amide bonds. The van der Waals surface area contributed by atoms with Crippen molar-refractivity contribution in [2.24, 2.45) is 0 Å². The number of aliphatic hydroxyl groups is 1. The number of halogens is 1. The number of aromatic nitrogens is 1. The van der Waals surface area contributed by atoms with Crippen molar-refractivity contribution in [3.8, 4) is 11.5 Å². The molecule has 1 N–H and O–H groups in total. The summed E-state index contributed by atoms with van der Waals surface area (Å²) in [6, 6.07) is 15.3. The maximum atomic E-state index is 13.9. The van der Waals surface area contributed by atoms with Gasteiger partial charge in [-0.3, -0.25) is 14.5 Å². The van der Waals surface area contributed by atoms with Gasteiger partial charge < -0.3 is 14.6 Å². The number of fused-ring (bicyclic) bond motifs is 2. The first kappa shape index (κ1) is 24.8. The van der Waals surface area contributed by atoms with Gasteiger partial charge in [0.1, 0.15) is 35.8 Å². The molecule has 3 aromatic carbocycles. The minimum atomic E-state index is -0.965. The molecule has 2 aliphatic heterocycles. The van der Waals surface area contributed by atoms with Crippen LogP contribution < -0.4 is 14.4 Å². The molecule has 0 unspecified atom stereocenters. The summed E-state index contributed by atoms with van der Waals surface area (Å²) in [4.78, 5) is 32.8. The first-order valence-corrected chi connectivity index (χ1v) is 13.2. The summed E-state index contributed by atoms with van der Waals surface area (Å²) in [5.41, 5.74) is 2.33. The Hall–Kier alpha value is -4.50. The van der Waals surface area contributed by atoms with Crippen LogP contribution in [0, 0.1) is 5.82 Å². The second kappa shape index (κ2) is 9.67. The summed E-state index contributed by atoms with van der Waals surface area (Å²) in [5, 5.41) is 11.7. The molecule has 2 aliphatic rings. The van der Waals surface area contributed by atoms with Gasteiger partial charge in [-0.15, -0.1) is 0 Å². The molecular formula is C30H23FN2O5S. The number of ether oxygens (including phenoxy) is 2. The topological polar surface area (TPSA) is 89.0 Å². The Kier molecular flexibility index (Phi) is 6.15. The minimum absolute atomic E-state index is 0.00803. The monoisotopic (exact) mass is 542 g/mol. The zero-order valence-corrected chi connectivity index (χ0v) is 21.7. The van der Waals surface area contributed by atoms with Crippen LogP contribution in [-0.4, -0.2) is 34.5 Å². The quantitative estimate of drug-likeness (QED) is 0.140. The molecule has 1 aromatic heterocycles. The highest BCUT2D eigenvalue weighted by Crippen LogP contribution is 2.45. The molecule has 39 heavy (non-hydrogen) atoms. The number of carbonyl (C=O) groups is 2. The molecule has 7 nitrogen and oxygen atoms in total. The third-order valence-electron chi connectivity index (χ3n) is 6.72. The molecule has 9 heteroatoms. The summed E-state index contributed by atoms with van der Waals surface area (Å²) < 4.78 is 25.8. The molecule has 0 bridgehead atoms. The van der Waals surface area contributed by atoms with E-state index in [1.807, 2.05) is 6.92 Å². The number of aliphatic hydroxyl groups excluding tert-OH is 1. The second-order valence-electron chi connectivity index (χ2n) is 9.40. The zero-order valence-electron chi connectivity index (χ0n) is 20.9. The molecule has 0 saturated carbocycles. The number of nitrogens with zero attached hydrogens (tertiary/aromatic N) is 2. The molecule has 1 fully saturated rings. The molecule has 6 rings (SSSR count). The average molecular weight is 543 g/mol. The molecule has 196 valence electrons. The minimum Gasteiger partial charge on any atom is -0.507 e. The molecule has 0 radical (unpaired) electrons. The van der Waals surface area contributed by atoms with Crippen LogP contribution in [0.15, 0.2) is 78.9 Å². The fourth-order valence-corrected chi connectivity index (χ4v) is 5.98. The molecule has 1 saturated heterocycles. The van der Waals surface area contributed by atoms with E-state index in [-0.39, 0.29) is 22.6 Å². The van der Waals surface area contributed by atoms with Crippen molar-refractivity contribution in [1.29, 1.82) is 0 Å². The number of thiazole rings is 1. The number of ketones is 1. The third-order valence-corrected chi connectivity index (χ3v) is 7.74. The van der Waals surface area contributed by atoms with Gasteiger partial charge in [-0.1, -0.05) is 36.1 Å². The lowest BCUT2D eigenvalue weighted by atomic mass is 9.94. The molecule has 4 aromatic rings. The summed E-state index contributed by atoms with van der Waals surface area (Å²) in [6.45, 7) is 5.92. The van der Waals surface area contributed by atoms with Gasteiger partial charge in [0.25, 0.3) is 5.78 Å². The van der Waals surface area contributed by atoms with Crippen molar-refractivity contribution < 1.29 is 28.6 Å².